The topological polar surface area (TPSA) is 12.4 Å². The Kier molecular flexibility index (Phi) is 6.35. The Bertz CT molecular complexity index is 334. The second-order valence-electron chi connectivity index (χ2n) is 3.76. The fourth-order valence-corrected chi connectivity index (χ4v) is 1.08. The molecule has 0 aromatic rings. The van der Waals surface area contributed by atoms with Gasteiger partial charge in [0.1, 0.15) is 0 Å². The van der Waals surface area contributed by atoms with Crippen LogP contribution in [0.5, 0.6) is 0 Å². The van der Waals surface area contributed by atoms with Crippen molar-refractivity contribution in [2.75, 3.05) is 7.05 Å². The molecular weight excluding hydrogens is 182 g/mol. The molecule has 1 nitrogen and oxygen atoms in total. The maximum Gasteiger partial charge on any atom is 0.0316 e. The van der Waals surface area contributed by atoms with E-state index in [-0.39, 0.29) is 0 Å². The predicted molar refractivity (Wildman–Crippen MR) is 70.5 cm³/mol. The Morgan fingerprint density at radius 3 is 2.07 bits per heavy atom. The molecule has 15 heavy (non-hydrogen) atoms. The van der Waals surface area contributed by atoms with Crippen LogP contribution in [0.1, 0.15) is 27.7 Å². The fraction of sp³-hybridized carbons (Fsp3) is 0.357. The van der Waals surface area contributed by atoms with Gasteiger partial charge in [-0.3, -0.25) is 4.99 Å². The van der Waals surface area contributed by atoms with E-state index in [1.54, 1.807) is 7.05 Å². The highest BCUT2D eigenvalue weighted by Crippen LogP contribution is 2.11. The van der Waals surface area contributed by atoms with Crippen LogP contribution < -0.4 is 0 Å². The number of nitrogens with zero attached hydrogens (tertiary/aromatic N) is 1. The van der Waals surface area contributed by atoms with E-state index in [9.17, 15) is 0 Å². The summed E-state index contributed by atoms with van der Waals surface area (Å²) in [4.78, 5) is 4.10. The summed E-state index contributed by atoms with van der Waals surface area (Å²) in [5.74, 6) is 0. The van der Waals surface area contributed by atoms with E-state index >= 15 is 0 Å². The molecule has 0 aliphatic carbocycles. The van der Waals surface area contributed by atoms with Gasteiger partial charge >= 0.3 is 0 Å². The summed E-state index contributed by atoms with van der Waals surface area (Å²) >= 11 is 0. The molecule has 1 heteroatoms. The molecule has 0 saturated heterocycles. The molecule has 0 aliphatic heterocycles. The molecule has 0 N–H and O–H groups in total. The lowest BCUT2D eigenvalue weighted by molar-refractivity contribution is 1.37. The van der Waals surface area contributed by atoms with Crippen molar-refractivity contribution in [1.82, 2.24) is 0 Å². The predicted octanol–water partition coefficient (Wildman–Crippen LogP) is 4.10. The molecule has 0 rings (SSSR count). The van der Waals surface area contributed by atoms with Gasteiger partial charge in [-0.25, -0.2) is 0 Å². The maximum atomic E-state index is 4.10. The molecule has 0 unspecified atom stereocenters. The van der Waals surface area contributed by atoms with E-state index in [1.807, 2.05) is 13.0 Å². The first kappa shape index (κ1) is 13.6. The average molecular weight is 203 g/mol. The summed E-state index contributed by atoms with van der Waals surface area (Å²) in [6.07, 6.45) is 8.10. The SMILES string of the molecule is C=CC(=C\C=C(C)C)/C(C)=C/C(C)=N\C. The number of allylic oxidation sites excluding steroid dienone is 7. The summed E-state index contributed by atoms with van der Waals surface area (Å²) in [5, 5.41) is 0. The second kappa shape index (κ2) is 6.99. The Labute approximate surface area is 93.6 Å². The Morgan fingerprint density at radius 2 is 1.67 bits per heavy atom. The van der Waals surface area contributed by atoms with Crippen LogP contribution >= 0.6 is 0 Å². The van der Waals surface area contributed by atoms with Crippen molar-refractivity contribution in [2.24, 2.45) is 4.99 Å². The van der Waals surface area contributed by atoms with Gasteiger partial charge in [-0.1, -0.05) is 30.4 Å². The first-order chi connectivity index (χ1) is 7.01. The lowest BCUT2D eigenvalue weighted by atomic mass is 10.1. The minimum absolute atomic E-state index is 1.03. The van der Waals surface area contributed by atoms with Gasteiger partial charge in [0.15, 0.2) is 0 Å². The first-order valence-corrected chi connectivity index (χ1v) is 5.11. The van der Waals surface area contributed by atoms with Crippen molar-refractivity contribution in [3.8, 4) is 0 Å². The van der Waals surface area contributed by atoms with Gasteiger partial charge in [-0.05, 0) is 44.9 Å². The zero-order valence-electron chi connectivity index (χ0n) is 10.5. The van der Waals surface area contributed by atoms with Crippen LogP contribution in [0.3, 0.4) is 0 Å². The minimum Gasteiger partial charge on any atom is -0.293 e. The zero-order chi connectivity index (χ0) is 11.8. The second-order valence-corrected chi connectivity index (χ2v) is 3.76. The summed E-state index contributed by atoms with van der Waals surface area (Å²) < 4.78 is 0. The normalized spacial score (nSPS) is 13.8. The van der Waals surface area contributed by atoms with E-state index in [2.05, 4.69) is 50.6 Å². The summed E-state index contributed by atoms with van der Waals surface area (Å²) in [5.41, 5.74) is 4.63. The molecule has 0 amide bonds. The third-order valence-electron chi connectivity index (χ3n) is 2.05. The third-order valence-corrected chi connectivity index (χ3v) is 2.05. The summed E-state index contributed by atoms with van der Waals surface area (Å²) in [6.45, 7) is 12.0. The highest BCUT2D eigenvalue weighted by molar-refractivity contribution is 5.93. The Morgan fingerprint density at radius 1 is 1.07 bits per heavy atom. The van der Waals surface area contributed by atoms with Crippen molar-refractivity contribution in [2.45, 2.75) is 27.7 Å². The number of hydrogen-bond donors (Lipinski definition) is 0. The molecule has 0 atom stereocenters. The van der Waals surface area contributed by atoms with E-state index < -0.39 is 0 Å². The molecule has 0 bridgehead atoms. The zero-order valence-corrected chi connectivity index (χ0v) is 10.5. The molecule has 0 aromatic carbocycles. The van der Waals surface area contributed by atoms with Gasteiger partial charge in [-0.15, -0.1) is 0 Å². The average Bonchev–Trinajstić information content (AvgIpc) is 2.18. The van der Waals surface area contributed by atoms with Gasteiger partial charge in [0.25, 0.3) is 0 Å². The molecular formula is C14H21N. The summed E-state index contributed by atoms with van der Waals surface area (Å²) in [7, 11) is 1.80. The van der Waals surface area contributed by atoms with Crippen molar-refractivity contribution in [3.63, 3.8) is 0 Å². The monoisotopic (exact) mass is 203 g/mol. The van der Waals surface area contributed by atoms with Crippen LogP contribution in [-0.2, 0) is 0 Å². The highest BCUT2D eigenvalue weighted by Gasteiger charge is 1.94. The fourth-order valence-electron chi connectivity index (χ4n) is 1.08. The van der Waals surface area contributed by atoms with Crippen molar-refractivity contribution < 1.29 is 0 Å². The van der Waals surface area contributed by atoms with Crippen molar-refractivity contribution in [3.05, 3.63) is 47.6 Å². The van der Waals surface area contributed by atoms with Gasteiger partial charge in [0.05, 0.1) is 0 Å². The molecule has 0 heterocycles. The van der Waals surface area contributed by atoms with Gasteiger partial charge in [-0.2, -0.15) is 0 Å². The maximum absolute atomic E-state index is 4.10. The minimum atomic E-state index is 1.03. The van der Waals surface area contributed by atoms with E-state index in [4.69, 9.17) is 0 Å². The Hall–Kier alpha value is -1.37. The quantitative estimate of drug-likeness (QED) is 0.482. The van der Waals surface area contributed by atoms with Crippen LogP contribution in [0.2, 0.25) is 0 Å². The standard InChI is InChI=1S/C14H21N/c1-7-14(9-8-11(2)3)12(4)10-13(5)15-6/h7-10H,1H2,2-6H3/b12-10+,14-9+,15-13-. The van der Waals surface area contributed by atoms with Crippen LogP contribution in [0.25, 0.3) is 0 Å². The van der Waals surface area contributed by atoms with E-state index in [0.717, 1.165) is 11.3 Å². The van der Waals surface area contributed by atoms with E-state index in [1.165, 1.54) is 11.1 Å². The molecule has 0 spiro atoms. The number of hydrogen-bond acceptors (Lipinski definition) is 1. The lowest BCUT2D eigenvalue weighted by Gasteiger charge is -2.01. The smallest absolute Gasteiger partial charge is 0.0316 e. The molecule has 82 valence electrons. The van der Waals surface area contributed by atoms with E-state index in [0.29, 0.717) is 0 Å². The van der Waals surface area contributed by atoms with Crippen molar-refractivity contribution >= 4 is 5.71 Å². The van der Waals surface area contributed by atoms with Gasteiger partial charge in [0.2, 0.25) is 0 Å². The molecule has 0 aliphatic rings. The van der Waals surface area contributed by atoms with Crippen molar-refractivity contribution in [1.29, 1.82) is 0 Å². The number of rotatable bonds is 4. The first-order valence-electron chi connectivity index (χ1n) is 5.11. The molecule has 0 radical (unpaired) electrons. The molecule has 0 saturated carbocycles. The summed E-state index contributed by atoms with van der Waals surface area (Å²) in [6, 6.07) is 0. The molecule has 0 fully saturated rings. The van der Waals surface area contributed by atoms with Gasteiger partial charge < -0.3 is 0 Å². The Balaban J connectivity index is 5.00. The highest BCUT2D eigenvalue weighted by atomic mass is 14.7. The lowest BCUT2D eigenvalue weighted by Crippen LogP contribution is -1.89. The van der Waals surface area contributed by atoms with Crippen LogP contribution in [-0.4, -0.2) is 12.8 Å². The molecule has 0 aromatic heterocycles. The van der Waals surface area contributed by atoms with Crippen LogP contribution in [0, 0.1) is 0 Å². The van der Waals surface area contributed by atoms with Gasteiger partial charge in [0, 0.05) is 12.8 Å². The largest absolute Gasteiger partial charge is 0.293 e. The number of aliphatic imine (C=N–C) groups is 1. The van der Waals surface area contributed by atoms with Crippen LogP contribution in [0.15, 0.2) is 52.6 Å². The third kappa shape index (κ3) is 5.84. The van der Waals surface area contributed by atoms with Crippen LogP contribution in [0.4, 0.5) is 0 Å².